The van der Waals surface area contributed by atoms with Gasteiger partial charge < -0.3 is 14.8 Å². The van der Waals surface area contributed by atoms with Gasteiger partial charge in [0, 0.05) is 60.1 Å². The van der Waals surface area contributed by atoms with E-state index in [1.807, 2.05) is 6.07 Å². The summed E-state index contributed by atoms with van der Waals surface area (Å²) >= 11 is 3.50. The number of anilines is 1. The molecule has 3 heterocycles. The topological polar surface area (TPSA) is 63.1 Å². The summed E-state index contributed by atoms with van der Waals surface area (Å²) in [6, 6.07) is 10.1. The Bertz CT molecular complexity index is 927. The van der Waals surface area contributed by atoms with E-state index in [1.165, 1.54) is 10.9 Å². The van der Waals surface area contributed by atoms with Gasteiger partial charge in [0.05, 0.1) is 5.92 Å². The van der Waals surface area contributed by atoms with Crippen LogP contribution >= 0.6 is 15.9 Å². The number of carbonyl (C=O) groups is 1. The highest BCUT2D eigenvalue weighted by molar-refractivity contribution is 9.10. The Balaban J connectivity index is 1.32. The lowest BCUT2D eigenvalue weighted by atomic mass is 9.97. The van der Waals surface area contributed by atoms with Crippen LogP contribution in [0.3, 0.4) is 0 Å². The minimum Gasteiger partial charge on any atom is -0.354 e. The monoisotopic (exact) mass is 427 g/mol. The van der Waals surface area contributed by atoms with E-state index in [0.717, 1.165) is 30.4 Å². The van der Waals surface area contributed by atoms with Gasteiger partial charge >= 0.3 is 0 Å². The maximum Gasteiger partial charge on any atom is 0.225 e. The number of nitrogens with zero attached hydrogens (tertiary/aromatic N) is 4. The van der Waals surface area contributed by atoms with Crippen LogP contribution in [0, 0.1) is 5.92 Å². The third-order valence-electron chi connectivity index (χ3n) is 5.01. The molecule has 1 N–H and O–H groups in total. The first-order valence-corrected chi connectivity index (χ1v) is 10.0. The van der Waals surface area contributed by atoms with E-state index in [0.29, 0.717) is 19.0 Å². The van der Waals surface area contributed by atoms with E-state index >= 15 is 0 Å². The normalized spacial score (nSPS) is 17.2. The fourth-order valence-electron chi connectivity index (χ4n) is 3.64. The molecule has 0 saturated carbocycles. The molecule has 0 unspecified atom stereocenters. The first-order chi connectivity index (χ1) is 13.2. The van der Waals surface area contributed by atoms with Crippen LogP contribution in [-0.2, 0) is 11.3 Å². The van der Waals surface area contributed by atoms with Crippen molar-refractivity contribution in [2.45, 2.75) is 19.4 Å². The number of benzene rings is 1. The van der Waals surface area contributed by atoms with Crippen molar-refractivity contribution >= 4 is 38.7 Å². The van der Waals surface area contributed by atoms with Crippen LogP contribution in [0.2, 0.25) is 0 Å². The summed E-state index contributed by atoms with van der Waals surface area (Å²) in [6.45, 7) is 2.96. The number of carbonyl (C=O) groups excluding carboxylic acids is 1. The predicted octanol–water partition coefficient (Wildman–Crippen LogP) is 3.23. The molecule has 7 heteroatoms. The molecule has 1 aliphatic heterocycles. The number of halogens is 1. The van der Waals surface area contributed by atoms with Gasteiger partial charge in [-0.3, -0.25) is 4.79 Å². The zero-order valence-corrected chi connectivity index (χ0v) is 16.6. The van der Waals surface area contributed by atoms with E-state index in [9.17, 15) is 4.79 Å². The highest BCUT2D eigenvalue weighted by atomic mass is 79.9. The number of hydrogen-bond donors (Lipinski definition) is 1. The molecule has 1 saturated heterocycles. The van der Waals surface area contributed by atoms with Crippen LogP contribution < -0.4 is 10.2 Å². The molecule has 0 aliphatic carbocycles. The molecule has 1 aliphatic rings. The first-order valence-electron chi connectivity index (χ1n) is 9.25. The molecular weight excluding hydrogens is 406 g/mol. The highest BCUT2D eigenvalue weighted by Crippen LogP contribution is 2.21. The predicted molar refractivity (Wildman–Crippen MR) is 110 cm³/mol. The Hall–Kier alpha value is -2.41. The zero-order valence-electron chi connectivity index (χ0n) is 15.0. The Morgan fingerprint density at radius 1 is 1.26 bits per heavy atom. The average Bonchev–Trinajstić information content (AvgIpc) is 3.10. The lowest BCUT2D eigenvalue weighted by Gasteiger charge is -2.31. The van der Waals surface area contributed by atoms with Gasteiger partial charge in [0.25, 0.3) is 0 Å². The van der Waals surface area contributed by atoms with Crippen LogP contribution in [0.25, 0.3) is 10.9 Å². The van der Waals surface area contributed by atoms with E-state index in [1.54, 1.807) is 18.5 Å². The highest BCUT2D eigenvalue weighted by Gasteiger charge is 2.26. The van der Waals surface area contributed by atoms with Gasteiger partial charge in [-0.15, -0.1) is 0 Å². The van der Waals surface area contributed by atoms with Crippen molar-refractivity contribution in [3.05, 3.63) is 53.4 Å². The second kappa shape index (κ2) is 8.08. The van der Waals surface area contributed by atoms with Gasteiger partial charge in [0.15, 0.2) is 0 Å². The molecule has 0 spiro atoms. The molecule has 140 valence electrons. The van der Waals surface area contributed by atoms with Crippen molar-refractivity contribution in [2.75, 3.05) is 24.5 Å². The summed E-state index contributed by atoms with van der Waals surface area (Å²) in [7, 11) is 0. The van der Waals surface area contributed by atoms with Crippen molar-refractivity contribution in [3.63, 3.8) is 0 Å². The van der Waals surface area contributed by atoms with Crippen LogP contribution in [0.5, 0.6) is 0 Å². The number of amides is 1. The van der Waals surface area contributed by atoms with Crippen molar-refractivity contribution in [3.8, 4) is 0 Å². The fraction of sp³-hybridized carbons (Fsp3) is 0.350. The second-order valence-electron chi connectivity index (χ2n) is 6.84. The summed E-state index contributed by atoms with van der Waals surface area (Å²) in [4.78, 5) is 23.3. The second-order valence-corrected chi connectivity index (χ2v) is 7.75. The summed E-state index contributed by atoms with van der Waals surface area (Å²) in [5, 5.41) is 4.30. The van der Waals surface area contributed by atoms with Gasteiger partial charge in [0.1, 0.15) is 0 Å². The Kier molecular flexibility index (Phi) is 5.38. The quantitative estimate of drug-likeness (QED) is 0.678. The Morgan fingerprint density at radius 3 is 2.96 bits per heavy atom. The Morgan fingerprint density at radius 2 is 2.11 bits per heavy atom. The van der Waals surface area contributed by atoms with Crippen molar-refractivity contribution in [1.29, 1.82) is 0 Å². The van der Waals surface area contributed by atoms with E-state index in [-0.39, 0.29) is 11.8 Å². The van der Waals surface area contributed by atoms with Gasteiger partial charge in [-0.25, -0.2) is 9.97 Å². The summed E-state index contributed by atoms with van der Waals surface area (Å²) in [5.74, 6) is 0.815. The Labute approximate surface area is 166 Å². The summed E-state index contributed by atoms with van der Waals surface area (Å²) in [6.07, 6.45) is 7.44. The zero-order chi connectivity index (χ0) is 18.6. The number of hydrogen-bond acceptors (Lipinski definition) is 4. The molecule has 1 atom stereocenters. The molecular formula is C20H22BrN5O. The smallest absolute Gasteiger partial charge is 0.225 e. The molecule has 2 aromatic heterocycles. The molecule has 4 rings (SSSR count). The van der Waals surface area contributed by atoms with Crippen LogP contribution in [-0.4, -0.2) is 40.1 Å². The lowest BCUT2D eigenvalue weighted by Crippen LogP contribution is -2.44. The van der Waals surface area contributed by atoms with Crippen LogP contribution in [0.15, 0.2) is 53.4 Å². The average molecular weight is 428 g/mol. The molecule has 27 heavy (non-hydrogen) atoms. The summed E-state index contributed by atoms with van der Waals surface area (Å²) < 4.78 is 3.25. The molecule has 0 radical (unpaired) electrons. The van der Waals surface area contributed by atoms with Crippen molar-refractivity contribution in [1.82, 2.24) is 19.9 Å². The van der Waals surface area contributed by atoms with Crippen molar-refractivity contribution in [2.24, 2.45) is 5.92 Å². The molecule has 3 aromatic rings. The summed E-state index contributed by atoms with van der Waals surface area (Å²) in [5.41, 5.74) is 1.18. The molecule has 6 nitrogen and oxygen atoms in total. The van der Waals surface area contributed by atoms with Crippen LogP contribution in [0.1, 0.15) is 12.8 Å². The van der Waals surface area contributed by atoms with E-state index in [2.05, 4.69) is 65.1 Å². The minimum absolute atomic E-state index is 0.0140. The molecule has 1 aromatic carbocycles. The largest absolute Gasteiger partial charge is 0.354 e. The van der Waals surface area contributed by atoms with E-state index in [4.69, 9.17) is 0 Å². The number of nitrogens with one attached hydrogen (secondary N) is 1. The van der Waals surface area contributed by atoms with Gasteiger partial charge in [0.2, 0.25) is 11.9 Å². The fourth-order valence-corrected chi connectivity index (χ4v) is 4.02. The molecule has 1 fully saturated rings. The molecule has 0 bridgehead atoms. The van der Waals surface area contributed by atoms with Crippen molar-refractivity contribution < 1.29 is 4.79 Å². The van der Waals surface area contributed by atoms with Gasteiger partial charge in [-0.05, 0) is 43.2 Å². The first kappa shape index (κ1) is 18.0. The number of piperidine rings is 1. The van der Waals surface area contributed by atoms with Crippen LogP contribution in [0.4, 0.5) is 5.95 Å². The van der Waals surface area contributed by atoms with E-state index < -0.39 is 0 Å². The number of aromatic nitrogens is 3. The standard InChI is InChI=1S/C20H22BrN5O/c21-17-4-5-18-15(13-17)6-11-25(18)12-9-22-19(27)16-3-1-10-26(14-16)20-23-7-2-8-24-20/h2,4-8,11,13,16H,1,3,9-10,12,14H2,(H,22,27)/t16-/m0/s1. The van der Waals surface area contributed by atoms with Gasteiger partial charge in [-0.2, -0.15) is 0 Å². The maximum atomic E-state index is 12.6. The SMILES string of the molecule is O=C(NCCn1ccc2cc(Br)ccc21)[C@H]1CCCN(c2ncccn2)C1. The third-order valence-corrected chi connectivity index (χ3v) is 5.51. The lowest BCUT2D eigenvalue weighted by molar-refractivity contribution is -0.125. The third kappa shape index (κ3) is 4.13. The molecule has 1 amide bonds. The number of fused-ring (bicyclic) bond motifs is 1. The minimum atomic E-state index is -0.0140. The maximum absolute atomic E-state index is 12.6. The van der Waals surface area contributed by atoms with Gasteiger partial charge in [-0.1, -0.05) is 15.9 Å². The number of rotatable bonds is 5.